The SMILES string of the molecule is CCCCC(NC(=O)C1COCCN1)C(=O)O. The molecule has 0 aliphatic carbocycles. The first kappa shape index (κ1) is 13.9. The number of carboxylic acid groups (broad SMARTS) is 1. The van der Waals surface area contributed by atoms with Gasteiger partial charge in [0.1, 0.15) is 12.1 Å². The molecule has 1 saturated heterocycles. The van der Waals surface area contributed by atoms with E-state index in [4.69, 9.17) is 9.84 Å². The molecule has 6 nitrogen and oxygen atoms in total. The third-order valence-electron chi connectivity index (χ3n) is 2.70. The molecule has 1 amide bonds. The first-order valence-corrected chi connectivity index (χ1v) is 5.99. The van der Waals surface area contributed by atoms with Gasteiger partial charge in [-0.25, -0.2) is 4.79 Å². The molecule has 0 saturated carbocycles. The fourth-order valence-corrected chi connectivity index (χ4v) is 1.67. The van der Waals surface area contributed by atoms with Crippen molar-refractivity contribution in [2.75, 3.05) is 19.8 Å². The van der Waals surface area contributed by atoms with Gasteiger partial charge in [0.05, 0.1) is 13.2 Å². The maximum absolute atomic E-state index is 11.8. The monoisotopic (exact) mass is 244 g/mol. The van der Waals surface area contributed by atoms with E-state index in [1.807, 2.05) is 6.92 Å². The van der Waals surface area contributed by atoms with Crippen molar-refractivity contribution < 1.29 is 19.4 Å². The molecule has 1 aliphatic heterocycles. The number of rotatable bonds is 6. The smallest absolute Gasteiger partial charge is 0.326 e. The third-order valence-corrected chi connectivity index (χ3v) is 2.70. The van der Waals surface area contributed by atoms with Crippen LogP contribution in [-0.4, -0.2) is 48.8 Å². The number of carbonyl (C=O) groups excluding carboxylic acids is 1. The highest BCUT2D eigenvalue weighted by molar-refractivity contribution is 5.87. The Balaban J connectivity index is 2.42. The Morgan fingerprint density at radius 1 is 1.59 bits per heavy atom. The van der Waals surface area contributed by atoms with Crippen LogP contribution in [0.2, 0.25) is 0 Å². The summed E-state index contributed by atoms with van der Waals surface area (Å²) in [5, 5.41) is 14.5. The van der Waals surface area contributed by atoms with Crippen molar-refractivity contribution in [3.05, 3.63) is 0 Å². The van der Waals surface area contributed by atoms with E-state index < -0.39 is 18.1 Å². The molecule has 2 unspecified atom stereocenters. The van der Waals surface area contributed by atoms with Crippen LogP contribution in [0.15, 0.2) is 0 Å². The average molecular weight is 244 g/mol. The van der Waals surface area contributed by atoms with E-state index in [2.05, 4.69) is 10.6 Å². The zero-order valence-electron chi connectivity index (χ0n) is 10.1. The molecule has 1 aliphatic rings. The van der Waals surface area contributed by atoms with Crippen molar-refractivity contribution in [2.24, 2.45) is 0 Å². The van der Waals surface area contributed by atoms with E-state index in [1.54, 1.807) is 0 Å². The molecule has 0 bridgehead atoms. The molecule has 0 spiro atoms. The highest BCUT2D eigenvalue weighted by Gasteiger charge is 2.26. The minimum absolute atomic E-state index is 0.298. The normalized spacial score (nSPS) is 21.8. The molecule has 98 valence electrons. The van der Waals surface area contributed by atoms with Crippen LogP contribution in [-0.2, 0) is 14.3 Å². The van der Waals surface area contributed by atoms with E-state index >= 15 is 0 Å². The largest absolute Gasteiger partial charge is 0.480 e. The molecular formula is C11H20N2O4. The molecule has 1 fully saturated rings. The summed E-state index contributed by atoms with van der Waals surface area (Å²) >= 11 is 0. The van der Waals surface area contributed by atoms with Gasteiger partial charge in [-0.2, -0.15) is 0 Å². The first-order chi connectivity index (χ1) is 8.15. The van der Waals surface area contributed by atoms with Gasteiger partial charge in [0, 0.05) is 6.54 Å². The second kappa shape index (κ2) is 7.24. The van der Waals surface area contributed by atoms with Crippen molar-refractivity contribution in [3.63, 3.8) is 0 Å². The standard InChI is InChI=1S/C11H20N2O4/c1-2-3-4-8(11(15)16)13-10(14)9-7-17-6-5-12-9/h8-9,12H,2-7H2,1H3,(H,13,14)(H,15,16). The maximum Gasteiger partial charge on any atom is 0.326 e. The van der Waals surface area contributed by atoms with Crippen LogP contribution in [0.3, 0.4) is 0 Å². The summed E-state index contributed by atoms with van der Waals surface area (Å²) < 4.78 is 5.16. The third kappa shape index (κ3) is 4.70. The van der Waals surface area contributed by atoms with Crippen molar-refractivity contribution in [3.8, 4) is 0 Å². The fourth-order valence-electron chi connectivity index (χ4n) is 1.67. The Bertz CT molecular complexity index is 264. The molecule has 17 heavy (non-hydrogen) atoms. The Hall–Kier alpha value is -1.14. The van der Waals surface area contributed by atoms with Crippen molar-refractivity contribution >= 4 is 11.9 Å². The highest BCUT2D eigenvalue weighted by Crippen LogP contribution is 2.02. The topological polar surface area (TPSA) is 87.7 Å². The molecule has 0 aromatic rings. The summed E-state index contributed by atoms with van der Waals surface area (Å²) in [4.78, 5) is 22.7. The Morgan fingerprint density at radius 2 is 2.35 bits per heavy atom. The minimum atomic E-state index is -0.983. The van der Waals surface area contributed by atoms with Crippen LogP contribution < -0.4 is 10.6 Å². The van der Waals surface area contributed by atoms with Crippen LogP contribution in [0.1, 0.15) is 26.2 Å². The lowest BCUT2D eigenvalue weighted by molar-refractivity contribution is -0.142. The lowest BCUT2D eigenvalue weighted by atomic mass is 10.1. The van der Waals surface area contributed by atoms with E-state index in [-0.39, 0.29) is 5.91 Å². The summed E-state index contributed by atoms with van der Waals surface area (Å²) in [5.41, 5.74) is 0. The summed E-state index contributed by atoms with van der Waals surface area (Å²) in [6, 6.07) is -1.24. The maximum atomic E-state index is 11.8. The highest BCUT2D eigenvalue weighted by atomic mass is 16.5. The molecule has 1 rings (SSSR count). The van der Waals surface area contributed by atoms with Gasteiger partial charge in [-0.15, -0.1) is 0 Å². The number of unbranched alkanes of at least 4 members (excludes halogenated alkanes) is 1. The van der Waals surface area contributed by atoms with Crippen molar-refractivity contribution in [2.45, 2.75) is 38.3 Å². The zero-order chi connectivity index (χ0) is 12.7. The van der Waals surface area contributed by atoms with Crippen LogP contribution in [0.4, 0.5) is 0 Å². The van der Waals surface area contributed by atoms with Gasteiger partial charge < -0.3 is 20.5 Å². The van der Waals surface area contributed by atoms with E-state index in [9.17, 15) is 9.59 Å². The van der Waals surface area contributed by atoms with Gasteiger partial charge in [-0.1, -0.05) is 19.8 Å². The quantitative estimate of drug-likeness (QED) is 0.599. The zero-order valence-corrected chi connectivity index (χ0v) is 10.1. The van der Waals surface area contributed by atoms with Crippen LogP contribution >= 0.6 is 0 Å². The summed E-state index contributed by atoms with van der Waals surface area (Å²) in [6.45, 7) is 3.48. The number of hydrogen-bond acceptors (Lipinski definition) is 4. The van der Waals surface area contributed by atoms with Crippen molar-refractivity contribution in [1.82, 2.24) is 10.6 Å². The summed E-state index contributed by atoms with van der Waals surface area (Å²) in [5.74, 6) is -1.28. The number of carboxylic acids is 1. The van der Waals surface area contributed by atoms with Gasteiger partial charge >= 0.3 is 5.97 Å². The first-order valence-electron chi connectivity index (χ1n) is 5.99. The Morgan fingerprint density at radius 3 is 2.88 bits per heavy atom. The van der Waals surface area contributed by atoms with Gasteiger partial charge in [0.15, 0.2) is 0 Å². The van der Waals surface area contributed by atoms with E-state index in [0.717, 1.165) is 12.8 Å². The molecule has 1 heterocycles. The minimum Gasteiger partial charge on any atom is -0.480 e. The van der Waals surface area contributed by atoms with Gasteiger partial charge in [-0.05, 0) is 6.42 Å². The second-order valence-electron chi connectivity index (χ2n) is 4.12. The van der Waals surface area contributed by atoms with Crippen LogP contribution in [0.5, 0.6) is 0 Å². The number of carbonyl (C=O) groups is 2. The fraction of sp³-hybridized carbons (Fsp3) is 0.818. The predicted octanol–water partition coefficient (Wildman–Crippen LogP) is -0.266. The number of aliphatic carboxylic acids is 1. The molecule has 0 aromatic heterocycles. The van der Waals surface area contributed by atoms with E-state index in [1.165, 1.54) is 0 Å². The average Bonchev–Trinajstić information content (AvgIpc) is 2.35. The molecule has 0 radical (unpaired) electrons. The van der Waals surface area contributed by atoms with Gasteiger partial charge in [-0.3, -0.25) is 4.79 Å². The Kier molecular flexibility index (Phi) is 5.93. The number of morpholine rings is 1. The number of ether oxygens (including phenoxy) is 1. The number of hydrogen-bond donors (Lipinski definition) is 3. The molecule has 3 N–H and O–H groups in total. The number of amides is 1. The lowest BCUT2D eigenvalue weighted by Crippen LogP contribution is -2.54. The molecule has 6 heteroatoms. The van der Waals surface area contributed by atoms with Crippen LogP contribution in [0, 0.1) is 0 Å². The van der Waals surface area contributed by atoms with E-state index in [0.29, 0.717) is 26.2 Å². The van der Waals surface area contributed by atoms with Crippen molar-refractivity contribution in [1.29, 1.82) is 0 Å². The van der Waals surface area contributed by atoms with Crippen LogP contribution in [0.25, 0.3) is 0 Å². The lowest BCUT2D eigenvalue weighted by Gasteiger charge is -2.24. The van der Waals surface area contributed by atoms with Gasteiger partial charge in [0.2, 0.25) is 5.91 Å². The molecule has 0 aromatic carbocycles. The second-order valence-corrected chi connectivity index (χ2v) is 4.12. The predicted molar refractivity (Wildman–Crippen MR) is 61.7 cm³/mol. The Labute approximate surface area is 101 Å². The molecule has 2 atom stereocenters. The number of nitrogens with one attached hydrogen (secondary N) is 2. The van der Waals surface area contributed by atoms with Gasteiger partial charge in [0.25, 0.3) is 0 Å². The summed E-state index contributed by atoms with van der Waals surface area (Å²) in [6.07, 6.45) is 2.15. The molecular weight excluding hydrogens is 224 g/mol. The summed E-state index contributed by atoms with van der Waals surface area (Å²) in [7, 11) is 0.